The number of allylic oxidation sites excluding steroid dienone is 5. The van der Waals surface area contributed by atoms with Crippen molar-refractivity contribution in [3.63, 3.8) is 0 Å². The summed E-state index contributed by atoms with van der Waals surface area (Å²) in [5.74, 6) is 4.17. The lowest BCUT2D eigenvalue weighted by Crippen LogP contribution is -2.68. The van der Waals surface area contributed by atoms with Gasteiger partial charge in [0.2, 0.25) is 5.88 Å². The summed E-state index contributed by atoms with van der Waals surface area (Å²) in [7, 11) is -0.794. The number of fused-ring (bicyclic) bond motifs is 7. The van der Waals surface area contributed by atoms with E-state index in [0.29, 0.717) is 58.5 Å². The summed E-state index contributed by atoms with van der Waals surface area (Å²) in [5, 5.41) is 32.5. The Morgan fingerprint density at radius 3 is 2.26 bits per heavy atom. The molecule has 0 spiro atoms. The highest BCUT2D eigenvalue weighted by Gasteiger charge is 2.70. The lowest BCUT2D eigenvalue weighted by molar-refractivity contribution is -0.221. The molecule has 3 N–H and O–H groups in total. The molecular formula is C56H89N3O5S. The molecule has 0 aliphatic heterocycles. The highest BCUT2D eigenvalue weighted by Crippen LogP contribution is 2.76. The van der Waals surface area contributed by atoms with Crippen LogP contribution in [-0.4, -0.2) is 61.7 Å². The summed E-state index contributed by atoms with van der Waals surface area (Å²) in [6.07, 6.45) is 27.6. The SMILES string of the molecule is C=C(C)[C@@H]1CCC2(NCCC3(O)CCC(S(C)=O)CC3)CC[C@]3(C)C(CC[C@@H]4C5(C)CC=C(C6=CCC(COc7ncccc7C#N)CC6)C(C)(C)[C@@H]5CCC43C)[C@@H]12.CC.CC.O=CO. The Morgan fingerprint density at radius 1 is 0.954 bits per heavy atom. The number of carbonyl (C=O) groups is 1. The minimum Gasteiger partial charge on any atom is -0.483 e. The van der Waals surface area contributed by atoms with Crippen molar-refractivity contribution in [2.45, 2.75) is 195 Å². The standard InChI is InChI=1S/C51H75N3O3S.2C2H6.CH2O2/c1-34(2)39-19-26-51(54-31-29-50(55)24-17-38(18-25-50)58(8)56)28-27-48(6)41(44(39)51)15-16-43-47(5)22-20-40(46(3,4)42(47)21-23-49(43,48)7)36-13-11-35(12-14-36)33-57-45-37(32-52)10-9-30-53-45;2*1-2;2-1-3/h9-10,13,20,30,35,38-39,41-44,54-55H,1,11-12,14-19,21-29,31,33H2,2-8H3;2*1-2H3;1H,(H,2,3)/t35?,38?,39-,41?,42-,43+,44+,47?,48+,49?,50?,51?,58?;;;/m0.../s1. The second-order valence-electron chi connectivity index (χ2n) is 22.2. The van der Waals surface area contributed by atoms with Crippen molar-refractivity contribution in [2.24, 2.45) is 57.2 Å². The van der Waals surface area contributed by atoms with Crippen molar-refractivity contribution in [1.82, 2.24) is 10.3 Å². The molecule has 364 valence electrons. The van der Waals surface area contributed by atoms with Crippen LogP contribution < -0.4 is 10.1 Å². The van der Waals surface area contributed by atoms with Crippen LogP contribution in [-0.2, 0) is 15.6 Å². The number of rotatable bonds is 10. The number of nitrogens with one attached hydrogen (secondary N) is 1. The van der Waals surface area contributed by atoms with Crippen molar-refractivity contribution in [3.05, 3.63) is 59.3 Å². The summed E-state index contributed by atoms with van der Waals surface area (Å²) >= 11 is 0. The van der Waals surface area contributed by atoms with E-state index in [1.54, 1.807) is 29.5 Å². The highest BCUT2D eigenvalue weighted by atomic mass is 32.2. The van der Waals surface area contributed by atoms with Gasteiger partial charge in [-0.2, -0.15) is 5.26 Å². The Hall–Kier alpha value is -2.80. The Kier molecular flexibility index (Phi) is 17.7. The third kappa shape index (κ3) is 10.0. The Morgan fingerprint density at radius 2 is 1.65 bits per heavy atom. The van der Waals surface area contributed by atoms with E-state index in [9.17, 15) is 14.6 Å². The molecule has 7 aliphatic rings. The summed E-state index contributed by atoms with van der Waals surface area (Å²) in [6.45, 7) is 29.6. The maximum Gasteiger partial charge on any atom is 0.290 e. The fraction of sp³-hybridized carbons (Fsp3) is 0.768. The molecule has 65 heavy (non-hydrogen) atoms. The predicted octanol–water partition coefficient (Wildman–Crippen LogP) is 12.8. The molecule has 0 amide bonds. The van der Waals surface area contributed by atoms with Crippen molar-refractivity contribution in [2.75, 3.05) is 19.4 Å². The van der Waals surface area contributed by atoms with Crippen molar-refractivity contribution in [3.8, 4) is 11.9 Å². The number of nitriles is 1. The van der Waals surface area contributed by atoms with Gasteiger partial charge >= 0.3 is 0 Å². The van der Waals surface area contributed by atoms with E-state index < -0.39 is 16.4 Å². The number of carboxylic acid groups (broad SMARTS) is 1. The molecule has 1 aromatic heterocycles. The van der Waals surface area contributed by atoms with Gasteiger partial charge in [-0.05, 0) is 203 Å². The summed E-state index contributed by atoms with van der Waals surface area (Å²) in [6, 6.07) is 5.78. The molecule has 9 heteroatoms. The molecule has 11 atom stereocenters. The van der Waals surface area contributed by atoms with E-state index >= 15 is 0 Å². The summed E-state index contributed by atoms with van der Waals surface area (Å²) in [4.78, 5) is 12.7. The molecule has 8 rings (SSSR count). The smallest absolute Gasteiger partial charge is 0.290 e. The van der Waals surface area contributed by atoms with Crippen LogP contribution in [0.3, 0.4) is 0 Å². The number of aromatic nitrogens is 1. The average molecular weight is 916 g/mol. The first-order valence-electron chi connectivity index (χ1n) is 25.8. The molecule has 0 aromatic carbocycles. The third-order valence-electron chi connectivity index (χ3n) is 19.3. The second-order valence-corrected chi connectivity index (χ2v) is 23.9. The molecule has 6 unspecified atom stereocenters. The van der Waals surface area contributed by atoms with Gasteiger partial charge in [0, 0.05) is 34.0 Å². The number of hydrogen-bond donors (Lipinski definition) is 3. The number of nitrogens with zero attached hydrogens (tertiary/aromatic N) is 2. The molecule has 7 aliphatic carbocycles. The van der Waals surface area contributed by atoms with E-state index in [4.69, 9.17) is 14.6 Å². The maximum absolute atomic E-state index is 12.1. The van der Waals surface area contributed by atoms with Gasteiger partial charge in [0.25, 0.3) is 6.47 Å². The van der Waals surface area contributed by atoms with Gasteiger partial charge in [-0.1, -0.05) is 86.6 Å². The lowest BCUT2D eigenvalue weighted by Gasteiger charge is -2.72. The Bertz CT molecular complexity index is 1930. The predicted molar refractivity (Wildman–Crippen MR) is 268 cm³/mol. The van der Waals surface area contributed by atoms with Crippen molar-refractivity contribution in [1.29, 1.82) is 5.26 Å². The first-order valence-corrected chi connectivity index (χ1v) is 27.4. The number of ether oxygens (including phenoxy) is 1. The van der Waals surface area contributed by atoms with Gasteiger partial charge in [0.15, 0.2) is 0 Å². The second kappa shape index (κ2) is 21.7. The molecule has 0 bridgehead atoms. The van der Waals surface area contributed by atoms with Crippen LogP contribution >= 0.6 is 0 Å². The molecule has 0 radical (unpaired) electrons. The molecule has 5 fully saturated rings. The quantitative estimate of drug-likeness (QED) is 0.156. The van der Waals surface area contributed by atoms with Gasteiger partial charge in [0.1, 0.15) is 11.6 Å². The fourth-order valence-electron chi connectivity index (χ4n) is 15.9. The topological polar surface area (TPSA) is 133 Å². The Balaban J connectivity index is 0.00000108. The zero-order valence-electron chi connectivity index (χ0n) is 42.6. The number of aliphatic hydroxyl groups is 1. The van der Waals surface area contributed by atoms with Crippen molar-refractivity contribution < 1.29 is 24.0 Å². The van der Waals surface area contributed by atoms with Crippen molar-refractivity contribution >= 4 is 17.3 Å². The summed E-state index contributed by atoms with van der Waals surface area (Å²) in [5.41, 5.74) is 5.62. The van der Waals surface area contributed by atoms with E-state index in [1.165, 1.54) is 63.4 Å². The minimum absolute atomic E-state index is 0.135. The van der Waals surface area contributed by atoms with E-state index in [1.807, 2.05) is 34.0 Å². The zero-order valence-corrected chi connectivity index (χ0v) is 43.4. The zero-order chi connectivity index (χ0) is 48.0. The van der Waals surface area contributed by atoms with Crippen LogP contribution in [0, 0.1) is 68.5 Å². The van der Waals surface area contributed by atoms with Gasteiger partial charge in [-0.3, -0.25) is 9.00 Å². The summed E-state index contributed by atoms with van der Waals surface area (Å²) < 4.78 is 18.2. The Labute approximate surface area is 397 Å². The van der Waals surface area contributed by atoms with Crippen LogP contribution in [0.1, 0.15) is 184 Å². The molecule has 1 heterocycles. The molecular weight excluding hydrogens is 827 g/mol. The van der Waals surface area contributed by atoms with Crippen LogP contribution in [0.4, 0.5) is 0 Å². The minimum atomic E-state index is -0.794. The monoisotopic (exact) mass is 916 g/mol. The largest absolute Gasteiger partial charge is 0.483 e. The van der Waals surface area contributed by atoms with E-state index in [0.717, 1.165) is 63.8 Å². The maximum atomic E-state index is 12.1. The molecule has 5 saturated carbocycles. The molecule has 8 nitrogen and oxygen atoms in total. The molecule has 0 saturated heterocycles. The van der Waals surface area contributed by atoms with Gasteiger partial charge in [-0.15, -0.1) is 0 Å². The third-order valence-corrected chi connectivity index (χ3v) is 20.7. The highest BCUT2D eigenvalue weighted by molar-refractivity contribution is 7.84. The molecule has 1 aromatic rings. The van der Waals surface area contributed by atoms with Crippen LogP contribution in [0.2, 0.25) is 0 Å². The van der Waals surface area contributed by atoms with Gasteiger partial charge < -0.3 is 20.3 Å². The fourth-order valence-corrected chi connectivity index (χ4v) is 16.8. The lowest BCUT2D eigenvalue weighted by atomic mass is 9.33. The first-order chi connectivity index (χ1) is 30.9. The van der Waals surface area contributed by atoms with Gasteiger partial charge in [0.05, 0.1) is 12.2 Å². The van der Waals surface area contributed by atoms with E-state index in [-0.39, 0.29) is 28.1 Å². The number of pyridine rings is 1. The number of hydrogen-bond acceptors (Lipinski definition) is 7. The normalized spacial score (nSPS) is 39.3. The van der Waals surface area contributed by atoms with Crippen LogP contribution in [0.15, 0.2) is 53.8 Å². The van der Waals surface area contributed by atoms with Crippen LogP contribution in [0.5, 0.6) is 5.88 Å². The average Bonchev–Trinajstić information content (AvgIpc) is 3.68. The van der Waals surface area contributed by atoms with E-state index in [2.05, 4.69) is 76.6 Å². The van der Waals surface area contributed by atoms with Gasteiger partial charge in [-0.25, -0.2) is 4.98 Å². The first kappa shape index (κ1) is 53.2. The van der Waals surface area contributed by atoms with Crippen LogP contribution in [0.25, 0.3) is 0 Å².